The Kier molecular flexibility index (Phi) is 9.92. The molecule has 0 aliphatic rings. The second-order valence-corrected chi connectivity index (χ2v) is 6.99. The highest BCUT2D eigenvalue weighted by atomic mass is 16.5. The maximum Gasteiger partial charge on any atom is 0.337 e. The molecule has 0 saturated carbocycles. The van der Waals surface area contributed by atoms with E-state index in [-0.39, 0.29) is 5.97 Å². The van der Waals surface area contributed by atoms with Gasteiger partial charge >= 0.3 is 5.97 Å². The molecule has 0 fully saturated rings. The van der Waals surface area contributed by atoms with Crippen LogP contribution < -0.4 is 4.74 Å². The van der Waals surface area contributed by atoms with E-state index >= 15 is 0 Å². The van der Waals surface area contributed by atoms with Crippen LogP contribution in [0, 0.1) is 0 Å². The molecule has 2 aromatic rings. The molecule has 150 valence electrons. The van der Waals surface area contributed by atoms with E-state index in [1.54, 1.807) is 12.1 Å². The third-order valence-electron chi connectivity index (χ3n) is 4.70. The summed E-state index contributed by atoms with van der Waals surface area (Å²) in [6.07, 6.45) is 13.1. The molecule has 0 heterocycles. The van der Waals surface area contributed by atoms with Crippen molar-refractivity contribution < 1.29 is 14.3 Å². The molecule has 3 nitrogen and oxygen atoms in total. The zero-order valence-corrected chi connectivity index (χ0v) is 17.2. The minimum absolute atomic E-state index is 0.317. The lowest BCUT2D eigenvalue weighted by atomic mass is 10.1. The lowest BCUT2D eigenvalue weighted by Gasteiger charge is -2.06. The molecular formula is C25H32O3. The highest BCUT2D eigenvalue weighted by Crippen LogP contribution is 2.16. The Balaban J connectivity index is 1.72. The second kappa shape index (κ2) is 12.8. The molecule has 0 bridgehead atoms. The fourth-order valence-corrected chi connectivity index (χ4v) is 2.96. The first-order valence-corrected chi connectivity index (χ1v) is 10.3. The smallest absolute Gasteiger partial charge is 0.337 e. The lowest BCUT2D eigenvalue weighted by Crippen LogP contribution is -2.00. The molecule has 0 N–H and O–H groups in total. The number of unbranched alkanes of at least 4 members (excludes halogenated alkanes) is 6. The van der Waals surface area contributed by atoms with Crippen molar-refractivity contribution in [3.63, 3.8) is 0 Å². The van der Waals surface area contributed by atoms with Gasteiger partial charge in [-0.2, -0.15) is 0 Å². The average Bonchev–Trinajstić information content (AvgIpc) is 2.75. The molecule has 2 rings (SSSR count). The van der Waals surface area contributed by atoms with Gasteiger partial charge in [0.25, 0.3) is 0 Å². The number of hydrogen-bond acceptors (Lipinski definition) is 3. The van der Waals surface area contributed by atoms with Crippen LogP contribution in [0.15, 0.2) is 48.5 Å². The molecule has 0 amide bonds. The van der Waals surface area contributed by atoms with E-state index in [0.29, 0.717) is 5.56 Å². The standard InChI is InChI=1S/C25H32O3/c1-3-4-5-6-7-8-9-20-28-24-18-14-22(15-19-24)11-10-21-12-16-23(17-13-21)25(26)27-2/h10-19H,3-9,20H2,1-2H3/b11-10-. The summed E-state index contributed by atoms with van der Waals surface area (Å²) >= 11 is 0. The van der Waals surface area contributed by atoms with Gasteiger partial charge in [0.15, 0.2) is 0 Å². The highest BCUT2D eigenvalue weighted by Gasteiger charge is 2.03. The third-order valence-corrected chi connectivity index (χ3v) is 4.70. The van der Waals surface area contributed by atoms with Gasteiger partial charge in [0.2, 0.25) is 0 Å². The summed E-state index contributed by atoms with van der Waals surface area (Å²) in [6, 6.07) is 15.5. The summed E-state index contributed by atoms with van der Waals surface area (Å²) in [7, 11) is 1.39. The van der Waals surface area contributed by atoms with Crippen LogP contribution in [0.25, 0.3) is 12.2 Å². The SMILES string of the molecule is CCCCCCCCCOc1ccc(/C=C\c2ccc(C(=O)OC)cc2)cc1. The Bertz CT molecular complexity index is 714. The number of benzene rings is 2. The maximum absolute atomic E-state index is 11.4. The van der Waals surface area contributed by atoms with Crippen LogP contribution in [0.4, 0.5) is 0 Å². The summed E-state index contributed by atoms with van der Waals surface area (Å²) in [4.78, 5) is 11.4. The maximum atomic E-state index is 11.4. The lowest BCUT2D eigenvalue weighted by molar-refractivity contribution is 0.0600. The number of esters is 1. The molecule has 0 atom stereocenters. The normalized spacial score (nSPS) is 10.9. The van der Waals surface area contributed by atoms with Gasteiger partial charge in [0.05, 0.1) is 19.3 Å². The molecule has 0 aliphatic heterocycles. The van der Waals surface area contributed by atoms with E-state index in [1.165, 1.54) is 45.6 Å². The van der Waals surface area contributed by atoms with E-state index in [9.17, 15) is 4.79 Å². The molecule has 3 heteroatoms. The van der Waals surface area contributed by atoms with Gasteiger partial charge in [0.1, 0.15) is 5.75 Å². The van der Waals surface area contributed by atoms with Crippen LogP contribution in [-0.2, 0) is 4.74 Å². The first kappa shape index (κ1) is 21.7. The van der Waals surface area contributed by atoms with Gasteiger partial charge in [0, 0.05) is 0 Å². The van der Waals surface area contributed by atoms with Crippen molar-refractivity contribution in [1.29, 1.82) is 0 Å². The molecule has 0 radical (unpaired) electrons. The van der Waals surface area contributed by atoms with Crippen LogP contribution >= 0.6 is 0 Å². The molecule has 28 heavy (non-hydrogen) atoms. The molecule has 0 aromatic heterocycles. The minimum atomic E-state index is -0.317. The first-order valence-electron chi connectivity index (χ1n) is 10.3. The van der Waals surface area contributed by atoms with E-state index in [1.807, 2.05) is 36.4 Å². The predicted octanol–water partition coefficient (Wildman–Crippen LogP) is 6.77. The van der Waals surface area contributed by atoms with Crippen LogP contribution in [0.3, 0.4) is 0 Å². The topological polar surface area (TPSA) is 35.5 Å². The second-order valence-electron chi connectivity index (χ2n) is 6.99. The van der Waals surface area contributed by atoms with Gasteiger partial charge in [-0.05, 0) is 41.8 Å². The first-order chi connectivity index (χ1) is 13.7. The van der Waals surface area contributed by atoms with E-state index in [4.69, 9.17) is 9.47 Å². The van der Waals surface area contributed by atoms with Crippen LogP contribution in [0.5, 0.6) is 5.75 Å². The number of methoxy groups -OCH3 is 1. The number of hydrogen-bond donors (Lipinski definition) is 0. The molecule has 0 saturated heterocycles. The minimum Gasteiger partial charge on any atom is -0.494 e. The number of ether oxygens (including phenoxy) is 2. The van der Waals surface area contributed by atoms with Crippen LogP contribution in [0.1, 0.15) is 73.4 Å². The van der Waals surface area contributed by atoms with Crippen molar-refractivity contribution in [2.45, 2.75) is 51.9 Å². The highest BCUT2D eigenvalue weighted by molar-refractivity contribution is 5.89. The number of rotatable bonds is 12. The number of carbonyl (C=O) groups excluding carboxylic acids is 1. The summed E-state index contributed by atoms with van der Waals surface area (Å²) < 4.78 is 10.5. The summed E-state index contributed by atoms with van der Waals surface area (Å²) in [5, 5.41) is 0. The fourth-order valence-electron chi connectivity index (χ4n) is 2.96. The molecule has 0 aliphatic carbocycles. The average molecular weight is 381 g/mol. The van der Waals surface area contributed by atoms with Gasteiger partial charge < -0.3 is 9.47 Å². The molecule has 0 spiro atoms. The quantitative estimate of drug-likeness (QED) is 0.231. The fraction of sp³-hybridized carbons (Fsp3) is 0.400. The van der Waals surface area contributed by atoms with E-state index in [0.717, 1.165) is 29.9 Å². The summed E-state index contributed by atoms with van der Waals surface area (Å²) in [6.45, 7) is 3.04. The summed E-state index contributed by atoms with van der Waals surface area (Å²) in [5.74, 6) is 0.605. The van der Waals surface area contributed by atoms with E-state index in [2.05, 4.69) is 19.1 Å². The Morgan fingerprint density at radius 2 is 1.32 bits per heavy atom. The van der Waals surface area contributed by atoms with Crippen LogP contribution in [0.2, 0.25) is 0 Å². The van der Waals surface area contributed by atoms with Crippen molar-refractivity contribution in [1.82, 2.24) is 0 Å². The Morgan fingerprint density at radius 3 is 1.89 bits per heavy atom. The van der Waals surface area contributed by atoms with Gasteiger partial charge in [-0.3, -0.25) is 0 Å². The van der Waals surface area contributed by atoms with Gasteiger partial charge in [-0.15, -0.1) is 0 Å². The monoisotopic (exact) mass is 380 g/mol. The predicted molar refractivity (Wildman–Crippen MR) is 117 cm³/mol. The largest absolute Gasteiger partial charge is 0.494 e. The van der Waals surface area contributed by atoms with Crippen molar-refractivity contribution in [3.8, 4) is 5.75 Å². The van der Waals surface area contributed by atoms with Crippen molar-refractivity contribution in [2.75, 3.05) is 13.7 Å². The zero-order valence-electron chi connectivity index (χ0n) is 17.2. The summed E-state index contributed by atoms with van der Waals surface area (Å²) in [5.41, 5.74) is 2.70. The van der Waals surface area contributed by atoms with Crippen molar-refractivity contribution in [2.24, 2.45) is 0 Å². The Morgan fingerprint density at radius 1 is 0.786 bits per heavy atom. The van der Waals surface area contributed by atoms with Gasteiger partial charge in [-0.1, -0.05) is 81.9 Å². The Hall–Kier alpha value is -2.55. The third kappa shape index (κ3) is 7.99. The Labute approximate surface area is 169 Å². The molecule has 2 aromatic carbocycles. The molecular weight excluding hydrogens is 348 g/mol. The zero-order chi connectivity index (χ0) is 20.0. The van der Waals surface area contributed by atoms with Crippen molar-refractivity contribution >= 4 is 18.1 Å². The van der Waals surface area contributed by atoms with Crippen molar-refractivity contribution in [3.05, 3.63) is 65.2 Å². The van der Waals surface area contributed by atoms with Gasteiger partial charge in [-0.25, -0.2) is 4.79 Å². The number of carbonyl (C=O) groups is 1. The molecule has 0 unspecified atom stereocenters. The van der Waals surface area contributed by atoms with E-state index < -0.39 is 0 Å². The van der Waals surface area contributed by atoms with Crippen LogP contribution in [-0.4, -0.2) is 19.7 Å².